The Morgan fingerprint density at radius 3 is 2.36 bits per heavy atom. The van der Waals surface area contributed by atoms with Crippen LogP contribution in [0.4, 0.5) is 0 Å². The standard InChI is InChI=1S/C3H7O6P.Ca/c4-1-3(5)2-9-10(6,7)8;/h1,3,5H,2H2,(H2,6,7,8);/q;+2/p-2/t3-;/m1./s1. The van der Waals surface area contributed by atoms with Crippen LogP contribution in [0.5, 0.6) is 0 Å². The summed E-state index contributed by atoms with van der Waals surface area (Å²) in [5.41, 5.74) is 0. The van der Waals surface area contributed by atoms with E-state index in [-0.39, 0.29) is 44.0 Å². The number of phosphoric ester groups is 1. The SMILES string of the molecule is O=C[C@@H](O)COP(=O)([O-])[O-].[Ca+2]. The van der Waals surface area contributed by atoms with Gasteiger partial charge < -0.3 is 28.8 Å². The van der Waals surface area contributed by atoms with Crippen LogP contribution in [0.2, 0.25) is 0 Å². The zero-order valence-electron chi connectivity index (χ0n) is 5.50. The molecule has 0 unspecified atom stereocenters. The summed E-state index contributed by atoms with van der Waals surface area (Å²) in [5, 5.41) is 8.33. The molecule has 6 nitrogen and oxygen atoms in total. The quantitative estimate of drug-likeness (QED) is 0.299. The molecule has 0 bridgehead atoms. The van der Waals surface area contributed by atoms with Crippen LogP contribution in [0.1, 0.15) is 0 Å². The van der Waals surface area contributed by atoms with Crippen LogP contribution < -0.4 is 9.79 Å². The van der Waals surface area contributed by atoms with Gasteiger partial charge in [0.25, 0.3) is 0 Å². The largest absolute Gasteiger partial charge is 2.00 e. The van der Waals surface area contributed by atoms with Crippen molar-refractivity contribution in [3.05, 3.63) is 0 Å². The number of hydrogen-bond acceptors (Lipinski definition) is 6. The Balaban J connectivity index is 0. The fourth-order valence-corrected chi connectivity index (χ4v) is 0.542. The molecule has 60 valence electrons. The van der Waals surface area contributed by atoms with Crippen molar-refractivity contribution in [2.45, 2.75) is 6.10 Å². The molecule has 0 fully saturated rings. The third kappa shape index (κ3) is 11.0. The van der Waals surface area contributed by atoms with Gasteiger partial charge in [-0.3, -0.25) is 0 Å². The topological polar surface area (TPSA) is 110 Å². The van der Waals surface area contributed by atoms with Crippen molar-refractivity contribution in [1.29, 1.82) is 0 Å². The Hall–Kier alpha value is 1.000. The van der Waals surface area contributed by atoms with Crippen LogP contribution in [0.15, 0.2) is 0 Å². The molecule has 0 aromatic heterocycles. The Bertz CT molecular complexity index is 154. The van der Waals surface area contributed by atoms with Crippen LogP contribution in [-0.4, -0.2) is 61.8 Å². The fourth-order valence-electron chi connectivity index (χ4n) is 0.207. The Morgan fingerprint density at radius 1 is 1.64 bits per heavy atom. The van der Waals surface area contributed by atoms with E-state index in [0.717, 1.165) is 0 Å². The summed E-state index contributed by atoms with van der Waals surface area (Å²) in [6.07, 6.45) is -1.49. The van der Waals surface area contributed by atoms with Gasteiger partial charge in [0.05, 0.1) is 14.4 Å². The number of aliphatic hydroxyl groups excluding tert-OH is 1. The van der Waals surface area contributed by atoms with Crippen molar-refractivity contribution in [1.82, 2.24) is 0 Å². The first-order valence-electron chi connectivity index (χ1n) is 2.25. The van der Waals surface area contributed by atoms with Crippen LogP contribution in [0.3, 0.4) is 0 Å². The van der Waals surface area contributed by atoms with Gasteiger partial charge in [-0.1, -0.05) is 0 Å². The molecule has 0 aliphatic carbocycles. The molecule has 0 spiro atoms. The molecule has 8 heteroatoms. The second-order valence-corrected chi connectivity index (χ2v) is 2.60. The average molecular weight is 208 g/mol. The molecule has 1 atom stereocenters. The summed E-state index contributed by atoms with van der Waals surface area (Å²) in [6.45, 7) is -0.812. The molecule has 0 saturated heterocycles. The van der Waals surface area contributed by atoms with E-state index in [1.165, 1.54) is 0 Å². The molecule has 0 aromatic carbocycles. The minimum Gasteiger partial charge on any atom is -0.790 e. The Labute approximate surface area is 92.8 Å². The van der Waals surface area contributed by atoms with Gasteiger partial charge in [0.2, 0.25) is 0 Å². The van der Waals surface area contributed by atoms with Crippen molar-refractivity contribution in [2.75, 3.05) is 6.61 Å². The number of rotatable bonds is 4. The van der Waals surface area contributed by atoms with E-state index in [0.29, 0.717) is 0 Å². The van der Waals surface area contributed by atoms with Gasteiger partial charge >= 0.3 is 37.7 Å². The first kappa shape index (κ1) is 14.5. The van der Waals surface area contributed by atoms with Gasteiger partial charge in [-0.05, 0) is 0 Å². The summed E-state index contributed by atoms with van der Waals surface area (Å²) >= 11 is 0. The molecule has 0 aliphatic heterocycles. The number of phosphoric acid groups is 1. The first-order valence-corrected chi connectivity index (χ1v) is 3.72. The summed E-state index contributed by atoms with van der Waals surface area (Å²) < 4.78 is 13.2. The third-order valence-electron chi connectivity index (χ3n) is 0.560. The Morgan fingerprint density at radius 2 is 2.09 bits per heavy atom. The predicted molar refractivity (Wildman–Crippen MR) is 31.4 cm³/mol. The molecule has 0 saturated carbocycles. The average Bonchev–Trinajstić information content (AvgIpc) is 1.81. The number of carbonyl (C=O) groups excluding carboxylic acids is 1. The van der Waals surface area contributed by atoms with Gasteiger partial charge in [-0.2, -0.15) is 0 Å². The summed E-state index contributed by atoms with van der Waals surface area (Å²) in [7, 11) is -5.05. The number of hydrogen-bond donors (Lipinski definition) is 1. The van der Waals surface area contributed by atoms with E-state index in [4.69, 9.17) is 5.11 Å². The maximum Gasteiger partial charge on any atom is 2.00 e. The van der Waals surface area contributed by atoms with Crippen molar-refractivity contribution in [2.24, 2.45) is 0 Å². The molecular formula is C3H5CaO6P. The van der Waals surface area contributed by atoms with Crippen LogP contribution in [-0.2, 0) is 13.9 Å². The fraction of sp³-hybridized carbons (Fsp3) is 0.667. The van der Waals surface area contributed by atoms with Gasteiger partial charge in [-0.25, -0.2) is 0 Å². The predicted octanol–water partition coefficient (Wildman–Crippen LogP) is -2.99. The first-order chi connectivity index (χ1) is 4.45. The molecule has 0 amide bonds. The number of carbonyl (C=O) groups is 1. The normalized spacial score (nSPS) is 13.4. The number of aliphatic hydroxyl groups is 1. The smallest absolute Gasteiger partial charge is 0.790 e. The molecule has 1 N–H and O–H groups in total. The second kappa shape index (κ2) is 6.51. The zero-order chi connectivity index (χ0) is 8.20. The van der Waals surface area contributed by atoms with Crippen LogP contribution >= 0.6 is 7.82 Å². The summed E-state index contributed by atoms with van der Waals surface area (Å²) in [5.74, 6) is 0. The van der Waals surface area contributed by atoms with E-state index in [1.807, 2.05) is 0 Å². The van der Waals surface area contributed by atoms with E-state index in [1.54, 1.807) is 0 Å². The molecular weight excluding hydrogens is 203 g/mol. The van der Waals surface area contributed by atoms with Crippen LogP contribution in [0, 0.1) is 0 Å². The van der Waals surface area contributed by atoms with Crippen molar-refractivity contribution < 1.29 is 28.8 Å². The number of aldehydes is 1. The minimum atomic E-state index is -5.05. The Kier molecular flexibility index (Phi) is 8.59. The van der Waals surface area contributed by atoms with Gasteiger partial charge in [0.1, 0.15) is 6.10 Å². The third-order valence-corrected chi connectivity index (χ3v) is 1.03. The van der Waals surface area contributed by atoms with Gasteiger partial charge in [0, 0.05) is 0 Å². The molecule has 0 rings (SSSR count). The second-order valence-electron chi connectivity index (χ2n) is 1.45. The van der Waals surface area contributed by atoms with Crippen molar-refractivity contribution in [3.63, 3.8) is 0 Å². The maximum absolute atomic E-state index is 9.67. The maximum atomic E-state index is 9.67. The minimum absolute atomic E-state index is 0. The summed E-state index contributed by atoms with van der Waals surface area (Å²) in [4.78, 5) is 28.9. The monoisotopic (exact) mass is 208 g/mol. The van der Waals surface area contributed by atoms with Crippen LogP contribution in [0.25, 0.3) is 0 Å². The molecule has 0 aliphatic rings. The van der Waals surface area contributed by atoms with Crippen molar-refractivity contribution >= 4 is 51.8 Å². The molecule has 0 aromatic rings. The molecule has 11 heavy (non-hydrogen) atoms. The molecule has 0 radical (unpaired) electrons. The van der Waals surface area contributed by atoms with E-state index < -0.39 is 20.5 Å². The van der Waals surface area contributed by atoms with E-state index >= 15 is 0 Å². The zero-order valence-corrected chi connectivity index (χ0v) is 8.61. The van der Waals surface area contributed by atoms with Gasteiger partial charge in [-0.15, -0.1) is 0 Å². The van der Waals surface area contributed by atoms with Crippen molar-refractivity contribution in [3.8, 4) is 0 Å². The molecule has 0 heterocycles. The van der Waals surface area contributed by atoms with Gasteiger partial charge in [0.15, 0.2) is 6.29 Å². The van der Waals surface area contributed by atoms with E-state index in [9.17, 15) is 19.1 Å². The summed E-state index contributed by atoms with van der Waals surface area (Å²) in [6, 6.07) is 0. The van der Waals surface area contributed by atoms with E-state index in [2.05, 4.69) is 4.52 Å².